The first kappa shape index (κ1) is 7.38. The summed E-state index contributed by atoms with van der Waals surface area (Å²) in [4.78, 5) is 11.4. The van der Waals surface area contributed by atoms with E-state index in [9.17, 15) is 4.79 Å². The van der Waals surface area contributed by atoms with Crippen LogP contribution >= 0.6 is 0 Å². The van der Waals surface area contributed by atoms with E-state index in [0.717, 1.165) is 0 Å². The molecule has 3 rings (SSSR count). The fourth-order valence-corrected chi connectivity index (χ4v) is 1.48. The molecule has 1 aromatic carbocycles. The number of furan rings is 2. The van der Waals surface area contributed by atoms with Gasteiger partial charge in [-0.25, -0.2) is 0 Å². The van der Waals surface area contributed by atoms with Crippen LogP contribution in [0, 0.1) is 0 Å². The monoisotopic (exact) mass is 186 g/mol. The summed E-state index contributed by atoms with van der Waals surface area (Å²) in [6.07, 6.45) is 3.10. The number of rotatable bonds is 2. The van der Waals surface area contributed by atoms with Gasteiger partial charge in [0.05, 0.1) is 23.7 Å². The van der Waals surface area contributed by atoms with Crippen LogP contribution in [0.15, 0.2) is 50.4 Å². The van der Waals surface area contributed by atoms with Gasteiger partial charge >= 0.3 is 0 Å². The standard InChI is InChI=1S/C11H6O3/c12-11-9(7-3-1-5-13-7)10(11)8-4-2-6-14-8/h1-6H. The van der Waals surface area contributed by atoms with Gasteiger partial charge in [0, 0.05) is 0 Å². The zero-order valence-corrected chi connectivity index (χ0v) is 7.19. The zero-order valence-electron chi connectivity index (χ0n) is 7.19. The van der Waals surface area contributed by atoms with E-state index >= 15 is 0 Å². The van der Waals surface area contributed by atoms with Gasteiger partial charge in [-0.1, -0.05) is 0 Å². The molecule has 0 atom stereocenters. The quantitative estimate of drug-likeness (QED) is 0.617. The second kappa shape index (κ2) is 2.48. The smallest absolute Gasteiger partial charge is 0.202 e. The molecule has 0 radical (unpaired) electrons. The summed E-state index contributed by atoms with van der Waals surface area (Å²) >= 11 is 0. The van der Waals surface area contributed by atoms with Crippen molar-refractivity contribution in [3.63, 3.8) is 0 Å². The summed E-state index contributed by atoms with van der Waals surface area (Å²) in [6, 6.07) is 7.05. The average molecular weight is 186 g/mol. The lowest BCUT2D eigenvalue weighted by molar-refractivity contribution is 0.579. The molecule has 0 saturated carbocycles. The molecule has 0 amide bonds. The Balaban J connectivity index is 2.09. The predicted octanol–water partition coefficient (Wildman–Crippen LogP) is 2.44. The first-order valence-corrected chi connectivity index (χ1v) is 4.24. The molecule has 3 nitrogen and oxygen atoms in total. The summed E-state index contributed by atoms with van der Waals surface area (Å²) in [5, 5.41) is 0. The Kier molecular flexibility index (Phi) is 1.31. The molecule has 0 aliphatic rings. The van der Waals surface area contributed by atoms with Crippen molar-refractivity contribution in [3.05, 3.63) is 47.0 Å². The molecule has 2 heterocycles. The number of hydrogen-bond donors (Lipinski definition) is 0. The van der Waals surface area contributed by atoms with E-state index in [1.54, 1.807) is 36.8 Å². The van der Waals surface area contributed by atoms with Gasteiger partial charge in [0.1, 0.15) is 11.5 Å². The molecule has 0 unspecified atom stereocenters. The summed E-state index contributed by atoms with van der Waals surface area (Å²) in [7, 11) is 0. The summed E-state index contributed by atoms with van der Waals surface area (Å²) in [5.74, 6) is 1.22. The lowest BCUT2D eigenvalue weighted by Gasteiger charge is -1.82. The van der Waals surface area contributed by atoms with Crippen molar-refractivity contribution in [1.82, 2.24) is 0 Å². The third kappa shape index (κ3) is 0.893. The molecule has 0 fully saturated rings. The minimum atomic E-state index is 0.00917. The fraction of sp³-hybridized carbons (Fsp3) is 0. The van der Waals surface area contributed by atoms with Gasteiger partial charge in [0.15, 0.2) is 0 Å². The van der Waals surface area contributed by atoms with Crippen LogP contribution in [0.5, 0.6) is 0 Å². The first-order chi connectivity index (χ1) is 6.88. The normalized spacial score (nSPS) is 11.1. The van der Waals surface area contributed by atoms with Crippen molar-refractivity contribution in [2.24, 2.45) is 0 Å². The van der Waals surface area contributed by atoms with Crippen LogP contribution in [0.1, 0.15) is 0 Å². The lowest BCUT2D eigenvalue weighted by Crippen LogP contribution is -1.74. The van der Waals surface area contributed by atoms with Crippen LogP contribution < -0.4 is 5.43 Å². The Labute approximate surface area is 79.3 Å². The van der Waals surface area contributed by atoms with Gasteiger partial charge in [0.25, 0.3) is 0 Å². The molecule has 2 aromatic heterocycles. The van der Waals surface area contributed by atoms with Crippen LogP contribution in [0.3, 0.4) is 0 Å². The molecular weight excluding hydrogens is 180 g/mol. The van der Waals surface area contributed by atoms with Crippen molar-refractivity contribution < 1.29 is 8.83 Å². The predicted molar refractivity (Wildman–Crippen MR) is 50.5 cm³/mol. The second-order valence-corrected chi connectivity index (χ2v) is 3.03. The van der Waals surface area contributed by atoms with Gasteiger partial charge in [-0.2, -0.15) is 0 Å². The minimum absolute atomic E-state index is 0.00917. The summed E-state index contributed by atoms with van der Waals surface area (Å²) < 4.78 is 10.3. The van der Waals surface area contributed by atoms with Gasteiger partial charge in [-0.05, 0) is 24.3 Å². The third-order valence-electron chi connectivity index (χ3n) is 2.18. The van der Waals surface area contributed by atoms with Crippen LogP contribution in [0.25, 0.3) is 22.6 Å². The molecule has 0 bridgehead atoms. The Morgan fingerprint density at radius 3 is 1.71 bits per heavy atom. The molecule has 0 saturated heterocycles. The Morgan fingerprint density at radius 2 is 1.36 bits per heavy atom. The van der Waals surface area contributed by atoms with Gasteiger partial charge in [-0.15, -0.1) is 0 Å². The van der Waals surface area contributed by atoms with Crippen molar-refractivity contribution in [2.45, 2.75) is 0 Å². The molecule has 0 aliphatic heterocycles. The van der Waals surface area contributed by atoms with Crippen molar-refractivity contribution in [3.8, 4) is 22.6 Å². The van der Waals surface area contributed by atoms with Gasteiger partial charge < -0.3 is 8.83 Å². The van der Waals surface area contributed by atoms with Crippen LogP contribution in [0.2, 0.25) is 0 Å². The van der Waals surface area contributed by atoms with Crippen molar-refractivity contribution in [1.29, 1.82) is 0 Å². The van der Waals surface area contributed by atoms with Crippen LogP contribution in [-0.2, 0) is 0 Å². The summed E-state index contributed by atoms with van der Waals surface area (Å²) in [6.45, 7) is 0. The summed E-state index contributed by atoms with van der Waals surface area (Å²) in [5.41, 5.74) is 1.27. The third-order valence-corrected chi connectivity index (χ3v) is 2.18. The molecule has 3 aromatic rings. The Bertz CT molecular complexity index is 499. The molecule has 14 heavy (non-hydrogen) atoms. The molecule has 0 N–H and O–H groups in total. The van der Waals surface area contributed by atoms with E-state index in [1.807, 2.05) is 0 Å². The van der Waals surface area contributed by atoms with Gasteiger partial charge in [-0.3, -0.25) is 4.79 Å². The highest BCUT2D eigenvalue weighted by Gasteiger charge is 2.28. The van der Waals surface area contributed by atoms with Gasteiger partial charge in [0.2, 0.25) is 5.43 Å². The molecule has 0 aliphatic carbocycles. The highest BCUT2D eigenvalue weighted by atomic mass is 16.3. The molecule has 68 valence electrons. The topological polar surface area (TPSA) is 43.4 Å². The molecule has 3 heteroatoms. The molecular formula is C11H6O3. The maximum absolute atomic E-state index is 11.4. The van der Waals surface area contributed by atoms with E-state index in [4.69, 9.17) is 8.83 Å². The second-order valence-electron chi connectivity index (χ2n) is 3.03. The van der Waals surface area contributed by atoms with Crippen LogP contribution in [-0.4, -0.2) is 0 Å². The van der Waals surface area contributed by atoms with E-state index in [0.29, 0.717) is 22.6 Å². The number of hydrogen-bond acceptors (Lipinski definition) is 3. The first-order valence-electron chi connectivity index (χ1n) is 4.24. The van der Waals surface area contributed by atoms with Crippen molar-refractivity contribution in [2.75, 3.05) is 0 Å². The largest absolute Gasteiger partial charge is 0.464 e. The van der Waals surface area contributed by atoms with Crippen molar-refractivity contribution >= 4 is 0 Å². The molecule has 0 spiro atoms. The maximum atomic E-state index is 11.4. The Hall–Kier alpha value is -2.03. The lowest BCUT2D eigenvalue weighted by atomic mass is 10.3. The highest BCUT2D eigenvalue weighted by molar-refractivity contribution is 5.90. The van der Waals surface area contributed by atoms with E-state index in [1.165, 1.54) is 0 Å². The van der Waals surface area contributed by atoms with E-state index < -0.39 is 0 Å². The fourth-order valence-electron chi connectivity index (χ4n) is 1.48. The zero-order chi connectivity index (χ0) is 9.54. The Morgan fingerprint density at radius 1 is 0.857 bits per heavy atom. The van der Waals surface area contributed by atoms with E-state index in [2.05, 4.69) is 0 Å². The van der Waals surface area contributed by atoms with Crippen LogP contribution in [0.4, 0.5) is 0 Å². The maximum Gasteiger partial charge on any atom is 0.202 e. The SMILES string of the molecule is O=c1c(-c2ccco2)c1-c1ccco1. The average Bonchev–Trinajstić information content (AvgIpc) is 2.76. The highest BCUT2D eigenvalue weighted by Crippen LogP contribution is 2.34. The van der Waals surface area contributed by atoms with E-state index in [-0.39, 0.29) is 5.43 Å². The minimum Gasteiger partial charge on any atom is -0.464 e.